The summed E-state index contributed by atoms with van der Waals surface area (Å²) in [7, 11) is 0. The van der Waals surface area contributed by atoms with Gasteiger partial charge in [0.2, 0.25) is 0 Å². The minimum absolute atomic E-state index is 0.139. The predicted molar refractivity (Wildman–Crippen MR) is 97.6 cm³/mol. The molecule has 3 aromatic rings. The van der Waals surface area contributed by atoms with Gasteiger partial charge in [0, 0.05) is 17.2 Å². The third-order valence-corrected chi connectivity index (χ3v) is 4.25. The van der Waals surface area contributed by atoms with Crippen LogP contribution in [0.5, 0.6) is 0 Å². The SMILES string of the molecule is Cc1noc(C)c1Cn1nc(-c2ccc(CC(C)C)cc2)ccc1=O. The van der Waals surface area contributed by atoms with Gasteiger partial charge in [-0.2, -0.15) is 5.10 Å². The minimum Gasteiger partial charge on any atom is -0.361 e. The Balaban J connectivity index is 1.90. The molecule has 5 heteroatoms. The molecule has 0 bridgehead atoms. The van der Waals surface area contributed by atoms with Crippen LogP contribution in [0.4, 0.5) is 0 Å². The fraction of sp³-hybridized carbons (Fsp3) is 0.350. The zero-order chi connectivity index (χ0) is 18.0. The van der Waals surface area contributed by atoms with Crippen LogP contribution in [0.15, 0.2) is 45.7 Å². The number of aryl methyl sites for hydroxylation is 2. The Morgan fingerprint density at radius 2 is 1.80 bits per heavy atom. The van der Waals surface area contributed by atoms with E-state index in [4.69, 9.17) is 4.52 Å². The van der Waals surface area contributed by atoms with E-state index >= 15 is 0 Å². The highest BCUT2D eigenvalue weighted by Crippen LogP contribution is 2.19. The van der Waals surface area contributed by atoms with E-state index in [0.29, 0.717) is 12.5 Å². The summed E-state index contributed by atoms with van der Waals surface area (Å²) in [5.74, 6) is 1.34. The van der Waals surface area contributed by atoms with Gasteiger partial charge in [0.05, 0.1) is 17.9 Å². The van der Waals surface area contributed by atoms with Gasteiger partial charge in [-0.05, 0) is 37.8 Å². The fourth-order valence-corrected chi connectivity index (χ4v) is 2.88. The highest BCUT2D eigenvalue weighted by molar-refractivity contribution is 5.58. The van der Waals surface area contributed by atoms with Gasteiger partial charge in [0.1, 0.15) is 5.76 Å². The molecule has 2 heterocycles. The fourth-order valence-electron chi connectivity index (χ4n) is 2.88. The van der Waals surface area contributed by atoms with Crippen LogP contribution < -0.4 is 5.56 Å². The van der Waals surface area contributed by atoms with Gasteiger partial charge in [-0.1, -0.05) is 43.3 Å². The number of benzene rings is 1. The minimum atomic E-state index is -0.139. The van der Waals surface area contributed by atoms with Crippen LogP contribution in [-0.2, 0) is 13.0 Å². The van der Waals surface area contributed by atoms with E-state index in [1.54, 1.807) is 12.1 Å². The molecule has 25 heavy (non-hydrogen) atoms. The van der Waals surface area contributed by atoms with Crippen molar-refractivity contribution in [2.24, 2.45) is 5.92 Å². The van der Waals surface area contributed by atoms with Gasteiger partial charge in [0.15, 0.2) is 0 Å². The molecule has 3 rings (SSSR count). The van der Waals surface area contributed by atoms with Crippen molar-refractivity contribution in [3.63, 3.8) is 0 Å². The van der Waals surface area contributed by atoms with Gasteiger partial charge in [-0.15, -0.1) is 0 Å². The predicted octanol–water partition coefficient (Wildman–Crippen LogP) is 3.76. The molecule has 0 amide bonds. The standard InChI is InChI=1S/C20H23N3O2/c1-13(2)11-16-5-7-17(8-6-16)19-9-10-20(24)23(21-19)12-18-14(3)22-25-15(18)4/h5-10,13H,11-12H2,1-4H3. The highest BCUT2D eigenvalue weighted by atomic mass is 16.5. The zero-order valence-electron chi connectivity index (χ0n) is 15.1. The lowest BCUT2D eigenvalue weighted by atomic mass is 10.0. The molecular weight excluding hydrogens is 314 g/mol. The summed E-state index contributed by atoms with van der Waals surface area (Å²) in [6.07, 6.45) is 1.05. The maximum Gasteiger partial charge on any atom is 0.267 e. The van der Waals surface area contributed by atoms with Crippen LogP contribution in [0.3, 0.4) is 0 Å². The second kappa shape index (κ2) is 7.05. The lowest BCUT2D eigenvalue weighted by Crippen LogP contribution is -2.23. The van der Waals surface area contributed by atoms with Gasteiger partial charge < -0.3 is 4.52 Å². The van der Waals surface area contributed by atoms with E-state index < -0.39 is 0 Å². The van der Waals surface area contributed by atoms with Crippen molar-refractivity contribution in [1.29, 1.82) is 0 Å². The molecule has 0 aliphatic heterocycles. The summed E-state index contributed by atoms with van der Waals surface area (Å²) in [6.45, 7) is 8.49. The van der Waals surface area contributed by atoms with E-state index in [1.165, 1.54) is 10.2 Å². The molecule has 1 aromatic carbocycles. The Morgan fingerprint density at radius 1 is 1.08 bits per heavy atom. The van der Waals surface area contributed by atoms with Crippen molar-refractivity contribution >= 4 is 0 Å². The van der Waals surface area contributed by atoms with Crippen molar-refractivity contribution in [3.05, 3.63) is 69.3 Å². The molecule has 0 saturated heterocycles. The van der Waals surface area contributed by atoms with Crippen LogP contribution in [0.1, 0.15) is 36.4 Å². The third kappa shape index (κ3) is 3.87. The zero-order valence-corrected chi connectivity index (χ0v) is 15.1. The first-order chi connectivity index (χ1) is 11.9. The smallest absolute Gasteiger partial charge is 0.267 e. The van der Waals surface area contributed by atoms with Crippen molar-refractivity contribution in [3.8, 4) is 11.3 Å². The summed E-state index contributed by atoms with van der Waals surface area (Å²) in [6, 6.07) is 11.7. The lowest BCUT2D eigenvalue weighted by molar-refractivity contribution is 0.391. The lowest BCUT2D eigenvalue weighted by Gasteiger charge is -2.09. The number of nitrogens with zero attached hydrogens (tertiary/aromatic N) is 3. The van der Waals surface area contributed by atoms with Gasteiger partial charge in [-0.25, -0.2) is 4.68 Å². The number of rotatable bonds is 5. The number of aromatic nitrogens is 3. The first-order valence-corrected chi connectivity index (χ1v) is 8.53. The van der Waals surface area contributed by atoms with Crippen LogP contribution in [-0.4, -0.2) is 14.9 Å². The summed E-state index contributed by atoms with van der Waals surface area (Å²) >= 11 is 0. The second-order valence-electron chi connectivity index (χ2n) is 6.81. The third-order valence-electron chi connectivity index (χ3n) is 4.25. The molecule has 0 aliphatic carbocycles. The summed E-state index contributed by atoms with van der Waals surface area (Å²) in [5, 5.41) is 8.46. The molecule has 0 fully saturated rings. The van der Waals surface area contributed by atoms with Crippen LogP contribution in [0.2, 0.25) is 0 Å². The normalized spacial score (nSPS) is 11.2. The molecule has 2 aromatic heterocycles. The Labute approximate surface area is 147 Å². The van der Waals surface area contributed by atoms with Crippen molar-refractivity contribution < 1.29 is 4.52 Å². The van der Waals surface area contributed by atoms with Gasteiger partial charge >= 0.3 is 0 Å². The quantitative estimate of drug-likeness (QED) is 0.711. The Morgan fingerprint density at radius 3 is 2.40 bits per heavy atom. The average molecular weight is 337 g/mol. The molecule has 0 radical (unpaired) electrons. The monoisotopic (exact) mass is 337 g/mol. The first-order valence-electron chi connectivity index (χ1n) is 8.53. The Hall–Kier alpha value is -2.69. The highest BCUT2D eigenvalue weighted by Gasteiger charge is 2.12. The van der Waals surface area contributed by atoms with E-state index in [1.807, 2.05) is 13.8 Å². The van der Waals surface area contributed by atoms with E-state index in [9.17, 15) is 4.79 Å². The number of hydrogen-bond donors (Lipinski definition) is 0. The maximum absolute atomic E-state index is 12.2. The summed E-state index contributed by atoms with van der Waals surface area (Å²) in [5.41, 5.74) is 4.64. The van der Waals surface area contributed by atoms with Crippen LogP contribution in [0.25, 0.3) is 11.3 Å². The Bertz CT molecular complexity index is 901. The largest absolute Gasteiger partial charge is 0.361 e. The molecule has 130 valence electrons. The summed E-state index contributed by atoms with van der Waals surface area (Å²) in [4.78, 5) is 12.2. The van der Waals surface area contributed by atoms with E-state index in [2.05, 4.69) is 48.4 Å². The molecule has 0 atom stereocenters. The average Bonchev–Trinajstić information content (AvgIpc) is 2.89. The first kappa shape index (κ1) is 17.1. The van der Waals surface area contributed by atoms with Crippen molar-refractivity contribution in [1.82, 2.24) is 14.9 Å². The van der Waals surface area contributed by atoms with Crippen molar-refractivity contribution in [2.75, 3.05) is 0 Å². The van der Waals surface area contributed by atoms with Crippen molar-refractivity contribution in [2.45, 2.75) is 40.7 Å². The topological polar surface area (TPSA) is 60.9 Å². The van der Waals surface area contributed by atoms with Crippen LogP contribution >= 0.6 is 0 Å². The number of hydrogen-bond acceptors (Lipinski definition) is 4. The molecule has 0 N–H and O–H groups in total. The molecule has 0 saturated carbocycles. The van der Waals surface area contributed by atoms with Gasteiger partial charge in [-0.3, -0.25) is 4.79 Å². The molecule has 0 unspecified atom stereocenters. The van der Waals surface area contributed by atoms with E-state index in [0.717, 1.165) is 34.7 Å². The maximum atomic E-state index is 12.2. The Kier molecular flexibility index (Phi) is 4.83. The second-order valence-corrected chi connectivity index (χ2v) is 6.81. The molecular formula is C20H23N3O2. The van der Waals surface area contributed by atoms with Gasteiger partial charge in [0.25, 0.3) is 5.56 Å². The summed E-state index contributed by atoms with van der Waals surface area (Å²) < 4.78 is 6.64. The van der Waals surface area contributed by atoms with E-state index in [-0.39, 0.29) is 5.56 Å². The molecule has 5 nitrogen and oxygen atoms in total. The molecule has 0 aliphatic rings. The molecule has 0 spiro atoms. The van der Waals surface area contributed by atoms with Crippen LogP contribution in [0, 0.1) is 19.8 Å².